The van der Waals surface area contributed by atoms with Crippen LogP contribution < -0.4 is 0 Å². The first-order chi connectivity index (χ1) is 11.7. The first kappa shape index (κ1) is 22.5. The van der Waals surface area contributed by atoms with Crippen molar-refractivity contribution in [3.8, 4) is 0 Å². The number of ketones is 1. The normalized spacial score (nSPS) is 16.7. The Balaban J connectivity index is 0.00000338. The van der Waals surface area contributed by atoms with Gasteiger partial charge in [-0.1, -0.05) is 6.07 Å². The van der Waals surface area contributed by atoms with Crippen LogP contribution in [-0.2, 0) is 26.9 Å². The number of hydrogen-bond acceptors (Lipinski definition) is 4. The summed E-state index contributed by atoms with van der Waals surface area (Å²) in [6.45, 7) is 8.65. The average Bonchev–Trinajstić information content (AvgIpc) is 2.52. The van der Waals surface area contributed by atoms with Crippen LogP contribution in [0, 0.1) is 6.92 Å². The summed E-state index contributed by atoms with van der Waals surface area (Å²) in [5, 5.41) is 0. The third kappa shape index (κ3) is 6.63. The molecule has 1 saturated heterocycles. The van der Waals surface area contributed by atoms with E-state index < -0.39 is 16.6 Å². The average molecular weight is 384 g/mol. The van der Waals surface area contributed by atoms with Gasteiger partial charge in [0.1, 0.15) is 11.4 Å². The van der Waals surface area contributed by atoms with Gasteiger partial charge in [-0.15, -0.1) is 0 Å². The first-order valence-corrected chi connectivity index (χ1v) is 9.91. The van der Waals surface area contributed by atoms with E-state index in [1.807, 2.05) is 44.1 Å². The van der Waals surface area contributed by atoms with Gasteiger partial charge in [-0.3, -0.25) is 4.79 Å². The molecule has 2 rings (SSSR count). The number of Topliss-reactive ketones (excluding diaryl/α,β-unsaturated/α-hetero) is 1. The van der Waals surface area contributed by atoms with Gasteiger partial charge in [-0.2, -0.15) is 0 Å². The van der Waals surface area contributed by atoms with Gasteiger partial charge < -0.3 is 10.2 Å². The van der Waals surface area contributed by atoms with Crippen molar-refractivity contribution in [1.29, 1.82) is 0 Å². The van der Waals surface area contributed by atoms with Crippen molar-refractivity contribution in [3.63, 3.8) is 0 Å². The number of ether oxygens (including phenoxy) is 1. The molecule has 0 aromatic heterocycles. The predicted molar refractivity (Wildman–Crippen MR) is 102 cm³/mol. The lowest BCUT2D eigenvalue weighted by molar-refractivity contribution is -0.120. The van der Waals surface area contributed by atoms with Crippen molar-refractivity contribution >= 4 is 22.7 Å². The van der Waals surface area contributed by atoms with Crippen molar-refractivity contribution in [3.05, 3.63) is 34.9 Å². The summed E-state index contributed by atoms with van der Waals surface area (Å²) < 4.78 is 19.6. The molecular formula is C19H29NO5S. The highest BCUT2D eigenvalue weighted by Gasteiger charge is 2.21. The van der Waals surface area contributed by atoms with Gasteiger partial charge in [0.15, 0.2) is 0 Å². The summed E-state index contributed by atoms with van der Waals surface area (Å²) in [6, 6.07) is 5.50. The second kappa shape index (κ2) is 9.39. The molecule has 0 radical (unpaired) electrons. The van der Waals surface area contributed by atoms with E-state index in [0.717, 1.165) is 11.1 Å². The number of piperidine rings is 1. The van der Waals surface area contributed by atoms with Crippen LogP contribution in [0.2, 0.25) is 0 Å². The summed E-state index contributed by atoms with van der Waals surface area (Å²) in [5.74, 6) is 0.450. The molecule has 1 aliphatic rings. The Hall–Kier alpha value is -1.57. The monoisotopic (exact) mass is 383 g/mol. The van der Waals surface area contributed by atoms with Crippen molar-refractivity contribution in [1.82, 2.24) is 4.31 Å². The molecule has 0 bridgehead atoms. The SMILES string of the molecule is Cc1cc(C(=O)OC(C)(C)C)ccc1CCS(=O)N1CCC(=O)CC1.O. The molecule has 1 atom stereocenters. The Morgan fingerprint density at radius 1 is 1.23 bits per heavy atom. The van der Waals surface area contributed by atoms with Crippen LogP contribution >= 0.6 is 0 Å². The van der Waals surface area contributed by atoms with E-state index in [4.69, 9.17) is 4.74 Å². The molecule has 146 valence electrons. The van der Waals surface area contributed by atoms with Crippen LogP contribution in [0.25, 0.3) is 0 Å². The van der Waals surface area contributed by atoms with E-state index in [9.17, 15) is 13.8 Å². The zero-order chi connectivity index (χ0) is 18.6. The summed E-state index contributed by atoms with van der Waals surface area (Å²) in [6.07, 6.45) is 1.67. The van der Waals surface area contributed by atoms with E-state index in [1.165, 1.54) is 0 Å². The van der Waals surface area contributed by atoms with Crippen molar-refractivity contribution < 1.29 is 24.0 Å². The molecule has 1 fully saturated rings. The van der Waals surface area contributed by atoms with Crippen LogP contribution in [0.15, 0.2) is 18.2 Å². The van der Waals surface area contributed by atoms with E-state index in [2.05, 4.69) is 0 Å². The fraction of sp³-hybridized carbons (Fsp3) is 0.579. The maximum Gasteiger partial charge on any atom is 0.338 e. The summed E-state index contributed by atoms with van der Waals surface area (Å²) in [4.78, 5) is 23.4. The number of aryl methyl sites for hydroxylation is 2. The van der Waals surface area contributed by atoms with E-state index in [-0.39, 0.29) is 17.2 Å². The maximum absolute atomic E-state index is 12.4. The molecule has 6 nitrogen and oxygen atoms in total. The molecule has 2 N–H and O–H groups in total. The van der Waals surface area contributed by atoms with Crippen molar-refractivity contribution in [2.75, 3.05) is 18.8 Å². The second-order valence-corrected chi connectivity index (χ2v) is 8.95. The minimum Gasteiger partial charge on any atom is -0.456 e. The molecule has 1 aliphatic heterocycles. The van der Waals surface area contributed by atoms with Crippen LogP contribution in [0.4, 0.5) is 0 Å². The number of rotatable bonds is 5. The second-order valence-electron chi connectivity index (χ2n) is 7.39. The third-order valence-electron chi connectivity index (χ3n) is 4.09. The maximum atomic E-state index is 12.4. The van der Waals surface area contributed by atoms with Gasteiger partial charge >= 0.3 is 5.97 Å². The molecule has 26 heavy (non-hydrogen) atoms. The van der Waals surface area contributed by atoms with E-state index in [0.29, 0.717) is 43.7 Å². The highest BCUT2D eigenvalue weighted by molar-refractivity contribution is 7.82. The molecule has 0 spiro atoms. The lowest BCUT2D eigenvalue weighted by Crippen LogP contribution is -2.36. The summed E-state index contributed by atoms with van der Waals surface area (Å²) in [7, 11) is -1.07. The van der Waals surface area contributed by atoms with Gasteiger partial charge in [0.25, 0.3) is 0 Å². The van der Waals surface area contributed by atoms with Gasteiger partial charge in [0, 0.05) is 31.7 Å². The molecule has 1 unspecified atom stereocenters. The Kier molecular flexibility index (Phi) is 8.12. The lowest BCUT2D eigenvalue weighted by Gasteiger charge is -2.24. The predicted octanol–water partition coefficient (Wildman–Crippen LogP) is 2.00. The fourth-order valence-corrected chi connectivity index (χ4v) is 3.95. The lowest BCUT2D eigenvalue weighted by atomic mass is 10.0. The van der Waals surface area contributed by atoms with Crippen LogP contribution in [0.5, 0.6) is 0 Å². The Labute approximate surface area is 157 Å². The van der Waals surface area contributed by atoms with Gasteiger partial charge in [0.05, 0.1) is 16.5 Å². The molecule has 0 saturated carbocycles. The van der Waals surface area contributed by atoms with Gasteiger partial charge in [0.2, 0.25) is 0 Å². The molecule has 7 heteroatoms. The zero-order valence-electron chi connectivity index (χ0n) is 16.0. The van der Waals surface area contributed by atoms with Crippen LogP contribution in [0.1, 0.15) is 55.1 Å². The van der Waals surface area contributed by atoms with Crippen LogP contribution in [0.3, 0.4) is 0 Å². The molecule has 0 amide bonds. The van der Waals surface area contributed by atoms with Gasteiger partial charge in [-0.05, 0) is 57.4 Å². The number of nitrogens with zero attached hydrogens (tertiary/aromatic N) is 1. The molecule has 1 aromatic rings. The highest BCUT2D eigenvalue weighted by atomic mass is 32.2. The Morgan fingerprint density at radius 3 is 2.38 bits per heavy atom. The van der Waals surface area contributed by atoms with Gasteiger partial charge in [-0.25, -0.2) is 13.3 Å². The van der Waals surface area contributed by atoms with Crippen molar-refractivity contribution in [2.45, 2.75) is 52.6 Å². The summed E-state index contributed by atoms with van der Waals surface area (Å²) in [5.41, 5.74) is 2.09. The number of hydrogen-bond donors (Lipinski definition) is 0. The molecule has 1 heterocycles. The van der Waals surface area contributed by atoms with E-state index in [1.54, 1.807) is 6.07 Å². The molecule has 0 aliphatic carbocycles. The quantitative estimate of drug-likeness (QED) is 0.727. The topological polar surface area (TPSA) is 95.2 Å². The highest BCUT2D eigenvalue weighted by Crippen LogP contribution is 2.17. The third-order valence-corrected chi connectivity index (χ3v) is 5.59. The fourth-order valence-electron chi connectivity index (χ4n) is 2.71. The molecule has 1 aromatic carbocycles. The minimum atomic E-state index is -1.07. The minimum absolute atomic E-state index is 0. The number of esters is 1. The number of carbonyl (C=O) groups excluding carboxylic acids is 2. The smallest absolute Gasteiger partial charge is 0.338 e. The first-order valence-electron chi connectivity index (χ1n) is 8.64. The van der Waals surface area contributed by atoms with Crippen LogP contribution in [-0.4, -0.2) is 50.2 Å². The largest absolute Gasteiger partial charge is 0.456 e. The molecular weight excluding hydrogens is 354 g/mol. The Bertz CT molecular complexity index is 671. The number of carbonyl (C=O) groups is 2. The summed E-state index contributed by atoms with van der Waals surface area (Å²) >= 11 is 0. The van der Waals surface area contributed by atoms with E-state index >= 15 is 0 Å². The number of benzene rings is 1. The van der Waals surface area contributed by atoms with Crippen molar-refractivity contribution in [2.24, 2.45) is 0 Å². The standard InChI is InChI=1S/C19H27NO4S.H2O/c1-14-13-16(18(22)24-19(2,3)4)6-5-15(14)9-12-25(23)20-10-7-17(21)8-11-20;/h5-6,13H,7-12H2,1-4H3;1H2. The zero-order valence-corrected chi connectivity index (χ0v) is 16.8. The Morgan fingerprint density at radius 2 is 1.85 bits per heavy atom.